The third kappa shape index (κ3) is 9.14. The molecule has 0 aromatic rings. The average Bonchev–Trinajstić information content (AvgIpc) is 1.94. The average molecular weight is 186 g/mol. The number of unbranched alkanes of at least 4 members (excludes halogenated alkanes) is 1. The van der Waals surface area contributed by atoms with Gasteiger partial charge in [0.1, 0.15) is 0 Å². The molecular weight excluding hydrogens is 166 g/mol. The van der Waals surface area contributed by atoms with Gasteiger partial charge in [-0.3, -0.25) is 5.73 Å². The highest BCUT2D eigenvalue weighted by Crippen LogP contribution is 2.04. The molecule has 4 heteroatoms. The zero-order valence-electron chi connectivity index (χ0n) is 8.72. The number of nitrogens with zero attached hydrogens (tertiary/aromatic N) is 1. The van der Waals surface area contributed by atoms with Crippen LogP contribution in [0.3, 0.4) is 0 Å². The summed E-state index contributed by atoms with van der Waals surface area (Å²) in [5.74, 6) is 0.227. The van der Waals surface area contributed by atoms with Gasteiger partial charge in [0.05, 0.1) is 5.54 Å². The van der Waals surface area contributed by atoms with Crippen molar-refractivity contribution in [3.8, 4) is 0 Å². The van der Waals surface area contributed by atoms with Gasteiger partial charge in [0.25, 0.3) is 0 Å². The molecule has 0 amide bonds. The second kappa shape index (κ2) is 5.80. The number of guanidine groups is 1. The Hall–Kier alpha value is -0.770. The summed E-state index contributed by atoms with van der Waals surface area (Å²) in [4.78, 5) is 4.12. The first-order chi connectivity index (χ1) is 5.95. The van der Waals surface area contributed by atoms with Crippen LogP contribution in [0.15, 0.2) is 4.99 Å². The second-order valence-electron chi connectivity index (χ2n) is 3.99. The van der Waals surface area contributed by atoms with Gasteiger partial charge in [-0.25, -0.2) is 4.99 Å². The molecule has 0 rings (SSSR count). The third-order valence-corrected chi connectivity index (χ3v) is 1.32. The summed E-state index contributed by atoms with van der Waals surface area (Å²) in [6.07, 6.45) is 1.65. The number of rotatable bonds is 4. The predicted molar refractivity (Wildman–Crippen MR) is 54.6 cm³/mol. The first-order valence-electron chi connectivity index (χ1n) is 4.62. The summed E-state index contributed by atoms with van der Waals surface area (Å²) < 4.78 is 0. The maximum atomic E-state index is 8.51. The molecule has 3 N–H and O–H groups in total. The third-order valence-electron chi connectivity index (χ3n) is 1.32. The van der Waals surface area contributed by atoms with E-state index in [1.54, 1.807) is 0 Å². The zero-order chi connectivity index (χ0) is 10.3. The van der Waals surface area contributed by atoms with Crippen molar-refractivity contribution in [2.45, 2.75) is 39.2 Å². The fraction of sp³-hybridized carbons (Fsp3) is 0.889. The summed E-state index contributed by atoms with van der Waals surface area (Å²) in [5.41, 5.74) is 7.25. The molecule has 0 spiro atoms. The Labute approximate surface area is 80.2 Å². The molecule has 0 aliphatic heterocycles. The quantitative estimate of drug-likeness (QED) is 0.387. The molecule has 0 aliphatic rings. The topological polar surface area (TPSA) is 68.4 Å². The SMILES string of the molecule is CC(C)(C)N=C([NH])NCCCCO. The highest BCUT2D eigenvalue weighted by molar-refractivity contribution is 5.77. The van der Waals surface area contributed by atoms with Crippen molar-refractivity contribution in [1.82, 2.24) is 11.1 Å². The minimum absolute atomic E-state index is 0.193. The van der Waals surface area contributed by atoms with Crippen LogP contribution in [0.1, 0.15) is 33.6 Å². The lowest BCUT2D eigenvalue weighted by Gasteiger charge is -2.13. The lowest BCUT2D eigenvalue weighted by Crippen LogP contribution is -2.29. The predicted octanol–water partition coefficient (Wildman–Crippen LogP) is 0.786. The van der Waals surface area contributed by atoms with Crippen molar-refractivity contribution < 1.29 is 5.11 Å². The lowest BCUT2D eigenvalue weighted by atomic mass is 10.1. The van der Waals surface area contributed by atoms with Gasteiger partial charge in [0, 0.05) is 13.2 Å². The van der Waals surface area contributed by atoms with Gasteiger partial charge in [-0.2, -0.15) is 0 Å². The summed E-state index contributed by atoms with van der Waals surface area (Å²) >= 11 is 0. The van der Waals surface area contributed by atoms with Gasteiger partial charge in [0.15, 0.2) is 0 Å². The molecule has 0 unspecified atom stereocenters. The number of hydrogen-bond acceptors (Lipinski definition) is 2. The van der Waals surface area contributed by atoms with Crippen LogP contribution in [0.5, 0.6) is 0 Å². The van der Waals surface area contributed by atoms with Crippen LogP contribution in [0.4, 0.5) is 0 Å². The van der Waals surface area contributed by atoms with Crippen LogP contribution in [0.25, 0.3) is 0 Å². The molecule has 0 saturated heterocycles. The van der Waals surface area contributed by atoms with Crippen molar-refractivity contribution in [2.24, 2.45) is 4.99 Å². The highest BCUT2D eigenvalue weighted by Gasteiger charge is 2.07. The molecule has 0 bridgehead atoms. The fourth-order valence-electron chi connectivity index (χ4n) is 0.819. The fourth-order valence-corrected chi connectivity index (χ4v) is 0.819. The van der Waals surface area contributed by atoms with Crippen molar-refractivity contribution in [3.63, 3.8) is 0 Å². The van der Waals surface area contributed by atoms with Crippen LogP contribution in [0, 0.1) is 0 Å². The van der Waals surface area contributed by atoms with Gasteiger partial charge in [-0.05, 0) is 33.6 Å². The van der Waals surface area contributed by atoms with E-state index in [2.05, 4.69) is 10.3 Å². The van der Waals surface area contributed by atoms with E-state index in [1.807, 2.05) is 20.8 Å². The van der Waals surface area contributed by atoms with Gasteiger partial charge >= 0.3 is 0 Å². The van der Waals surface area contributed by atoms with Crippen molar-refractivity contribution in [2.75, 3.05) is 13.2 Å². The Morgan fingerprint density at radius 3 is 2.46 bits per heavy atom. The van der Waals surface area contributed by atoms with Gasteiger partial charge < -0.3 is 10.4 Å². The Balaban J connectivity index is 3.62. The van der Waals surface area contributed by atoms with E-state index < -0.39 is 0 Å². The van der Waals surface area contributed by atoms with Crippen molar-refractivity contribution in [3.05, 3.63) is 0 Å². The molecule has 0 aromatic carbocycles. The summed E-state index contributed by atoms with van der Waals surface area (Å²) in [5, 5.41) is 11.4. The van der Waals surface area contributed by atoms with E-state index in [9.17, 15) is 0 Å². The van der Waals surface area contributed by atoms with Crippen LogP contribution in [0.2, 0.25) is 0 Å². The summed E-state index contributed by atoms with van der Waals surface area (Å²) in [6.45, 7) is 6.79. The number of aliphatic hydroxyl groups excluding tert-OH is 1. The van der Waals surface area contributed by atoms with Crippen LogP contribution in [-0.4, -0.2) is 29.8 Å². The zero-order valence-corrected chi connectivity index (χ0v) is 8.72. The minimum Gasteiger partial charge on any atom is -0.396 e. The number of hydrogen-bond donors (Lipinski definition) is 2. The highest BCUT2D eigenvalue weighted by atomic mass is 16.2. The van der Waals surface area contributed by atoms with Crippen molar-refractivity contribution in [1.29, 1.82) is 0 Å². The Kier molecular flexibility index (Phi) is 5.46. The maximum absolute atomic E-state index is 8.51. The molecule has 0 atom stereocenters. The summed E-state index contributed by atoms with van der Waals surface area (Å²) in [6, 6.07) is 0. The van der Waals surface area contributed by atoms with Crippen LogP contribution >= 0.6 is 0 Å². The molecule has 13 heavy (non-hydrogen) atoms. The molecule has 0 aromatic heterocycles. The standard InChI is InChI=1S/C9H20N3O/c1-9(2,3)12-8(10)11-6-4-5-7-13/h10,13H,4-7H2,1-3H3,(H,11,12). The molecule has 1 radical (unpaired) electrons. The monoisotopic (exact) mass is 186 g/mol. The van der Waals surface area contributed by atoms with E-state index in [0.717, 1.165) is 12.8 Å². The van der Waals surface area contributed by atoms with E-state index in [-0.39, 0.29) is 18.1 Å². The molecule has 0 heterocycles. The first-order valence-corrected chi connectivity index (χ1v) is 4.62. The maximum Gasteiger partial charge on any atom is 0.210 e. The van der Waals surface area contributed by atoms with Crippen LogP contribution in [-0.2, 0) is 0 Å². The van der Waals surface area contributed by atoms with E-state index in [4.69, 9.17) is 10.8 Å². The van der Waals surface area contributed by atoms with Gasteiger partial charge in [-0.1, -0.05) is 0 Å². The minimum atomic E-state index is -0.193. The smallest absolute Gasteiger partial charge is 0.210 e. The van der Waals surface area contributed by atoms with E-state index in [1.165, 1.54) is 0 Å². The van der Waals surface area contributed by atoms with Gasteiger partial charge in [0.2, 0.25) is 5.96 Å². The Morgan fingerprint density at radius 1 is 1.38 bits per heavy atom. The Morgan fingerprint density at radius 2 is 2.00 bits per heavy atom. The number of aliphatic hydroxyl groups is 1. The molecule has 77 valence electrons. The van der Waals surface area contributed by atoms with Crippen molar-refractivity contribution >= 4 is 5.96 Å². The number of nitrogens with one attached hydrogen (secondary N) is 2. The molecule has 0 saturated carbocycles. The Bertz CT molecular complexity index is 161. The normalized spacial score (nSPS) is 13.1. The second-order valence-corrected chi connectivity index (χ2v) is 3.99. The molecule has 0 fully saturated rings. The van der Waals surface area contributed by atoms with E-state index >= 15 is 0 Å². The van der Waals surface area contributed by atoms with E-state index in [0.29, 0.717) is 6.54 Å². The first kappa shape index (κ1) is 12.2. The lowest BCUT2D eigenvalue weighted by molar-refractivity contribution is 0.284. The number of aliphatic imine (C=N–C) groups is 1. The van der Waals surface area contributed by atoms with Gasteiger partial charge in [-0.15, -0.1) is 0 Å². The summed E-state index contributed by atoms with van der Waals surface area (Å²) in [7, 11) is 0. The van der Waals surface area contributed by atoms with Crippen LogP contribution < -0.4 is 11.1 Å². The largest absolute Gasteiger partial charge is 0.396 e. The molecular formula is C9H20N3O. The molecule has 0 aliphatic carbocycles. The molecule has 4 nitrogen and oxygen atoms in total.